The Balaban J connectivity index is 1.78. The zero-order valence-electron chi connectivity index (χ0n) is 11.6. The lowest BCUT2D eigenvalue weighted by atomic mass is 10.2. The second kappa shape index (κ2) is 5.20. The van der Waals surface area contributed by atoms with Crippen molar-refractivity contribution < 1.29 is 9.53 Å². The molecule has 1 heterocycles. The molecule has 0 unspecified atom stereocenters. The number of nitrogens with zero attached hydrogens (tertiary/aromatic N) is 2. The molecule has 0 saturated carbocycles. The summed E-state index contributed by atoms with van der Waals surface area (Å²) in [6, 6.07) is 16.7. The molecule has 1 aliphatic heterocycles. The van der Waals surface area contributed by atoms with Crippen molar-refractivity contribution in [3.05, 3.63) is 67.0 Å². The summed E-state index contributed by atoms with van der Waals surface area (Å²) in [7, 11) is 1.65. The van der Waals surface area contributed by atoms with E-state index in [0.717, 1.165) is 11.4 Å². The highest BCUT2D eigenvalue weighted by atomic mass is 16.5. The van der Waals surface area contributed by atoms with Gasteiger partial charge in [-0.2, -0.15) is 0 Å². The summed E-state index contributed by atoms with van der Waals surface area (Å²) in [6.45, 7) is 3.82. The molecule has 106 valence electrons. The number of carbonyl (C=O) groups is 1. The predicted molar refractivity (Wildman–Crippen MR) is 80.9 cm³/mol. The lowest BCUT2D eigenvalue weighted by molar-refractivity contribution is 0.218. The number of ether oxygens (including phenoxy) is 1. The Labute approximate surface area is 123 Å². The van der Waals surface area contributed by atoms with E-state index in [-0.39, 0.29) is 6.03 Å². The minimum absolute atomic E-state index is 0.170. The highest BCUT2D eigenvalue weighted by Gasteiger charge is 2.30. The van der Waals surface area contributed by atoms with Crippen LogP contribution in [0.3, 0.4) is 0 Å². The molecule has 1 fully saturated rings. The molecule has 0 bridgehead atoms. The first-order valence-corrected chi connectivity index (χ1v) is 6.51. The van der Waals surface area contributed by atoms with E-state index in [2.05, 4.69) is 12.0 Å². The van der Waals surface area contributed by atoms with Crippen LogP contribution < -0.4 is 15.1 Å². The monoisotopic (exact) mass is 281 g/mol. The van der Waals surface area contributed by atoms with Gasteiger partial charge < -0.3 is 4.74 Å². The maximum absolute atomic E-state index is 12.0. The van der Waals surface area contributed by atoms with E-state index in [4.69, 9.17) is 4.74 Å². The number of urea groups is 1. The molecule has 0 aromatic heterocycles. The smallest absolute Gasteiger partial charge is 0.348 e. The van der Waals surface area contributed by atoms with Crippen LogP contribution in [-0.4, -0.2) is 18.1 Å². The van der Waals surface area contributed by atoms with Gasteiger partial charge in [0.1, 0.15) is 17.3 Å². The van der Waals surface area contributed by atoms with Crippen molar-refractivity contribution in [2.24, 2.45) is 0 Å². The lowest BCUT2D eigenvalue weighted by Gasteiger charge is -2.15. The minimum Gasteiger partial charge on any atom is -0.457 e. The first kappa shape index (κ1) is 13.1. The SMILES string of the molecule is C=C1NN(C)C(=O)N1c1ccc(Oc2ccccc2)cc1. The average molecular weight is 281 g/mol. The molecule has 0 aliphatic carbocycles. The molecule has 2 aromatic rings. The number of rotatable bonds is 3. The highest BCUT2D eigenvalue weighted by Crippen LogP contribution is 2.27. The van der Waals surface area contributed by atoms with Crippen molar-refractivity contribution in [3.8, 4) is 11.5 Å². The van der Waals surface area contributed by atoms with Gasteiger partial charge in [0.2, 0.25) is 0 Å². The van der Waals surface area contributed by atoms with E-state index in [1.807, 2.05) is 54.6 Å². The highest BCUT2D eigenvalue weighted by molar-refractivity contribution is 5.96. The summed E-state index contributed by atoms with van der Waals surface area (Å²) >= 11 is 0. The van der Waals surface area contributed by atoms with Gasteiger partial charge in [-0.05, 0) is 36.4 Å². The van der Waals surface area contributed by atoms with E-state index in [1.54, 1.807) is 7.05 Å². The second-order valence-electron chi connectivity index (χ2n) is 4.64. The number of hydrogen-bond donors (Lipinski definition) is 1. The summed E-state index contributed by atoms with van der Waals surface area (Å²) in [6.07, 6.45) is 0. The van der Waals surface area contributed by atoms with Crippen molar-refractivity contribution in [2.75, 3.05) is 11.9 Å². The molecule has 2 amide bonds. The molecule has 5 nitrogen and oxygen atoms in total. The fraction of sp³-hybridized carbons (Fsp3) is 0.0625. The molecular weight excluding hydrogens is 266 g/mol. The molecule has 1 N–H and O–H groups in total. The van der Waals surface area contributed by atoms with E-state index < -0.39 is 0 Å². The van der Waals surface area contributed by atoms with Crippen molar-refractivity contribution in [3.63, 3.8) is 0 Å². The van der Waals surface area contributed by atoms with E-state index >= 15 is 0 Å². The molecule has 0 atom stereocenters. The van der Waals surface area contributed by atoms with Crippen molar-refractivity contribution in [1.29, 1.82) is 0 Å². The van der Waals surface area contributed by atoms with Crippen LogP contribution in [-0.2, 0) is 0 Å². The van der Waals surface area contributed by atoms with Gasteiger partial charge in [-0.3, -0.25) is 5.43 Å². The summed E-state index contributed by atoms with van der Waals surface area (Å²) in [5.41, 5.74) is 3.59. The number of nitrogens with one attached hydrogen (secondary N) is 1. The van der Waals surface area contributed by atoms with Gasteiger partial charge in [-0.25, -0.2) is 14.7 Å². The van der Waals surface area contributed by atoms with Gasteiger partial charge in [-0.1, -0.05) is 24.8 Å². The third-order valence-electron chi connectivity index (χ3n) is 3.12. The van der Waals surface area contributed by atoms with Crippen LogP contribution in [0.2, 0.25) is 0 Å². The van der Waals surface area contributed by atoms with Crippen LogP contribution in [0.25, 0.3) is 0 Å². The Kier molecular flexibility index (Phi) is 3.23. The van der Waals surface area contributed by atoms with Crippen LogP contribution >= 0.6 is 0 Å². The number of anilines is 1. The summed E-state index contributed by atoms with van der Waals surface area (Å²) < 4.78 is 5.72. The summed E-state index contributed by atoms with van der Waals surface area (Å²) in [5, 5.41) is 1.39. The molecular formula is C16H15N3O2. The van der Waals surface area contributed by atoms with Crippen LogP contribution in [0.5, 0.6) is 11.5 Å². The standard InChI is InChI=1S/C16H15N3O2/c1-12-17-18(2)16(20)19(12)13-8-10-15(11-9-13)21-14-6-4-3-5-7-14/h3-11,17H,1H2,2H3. The Morgan fingerprint density at radius 1 is 1.00 bits per heavy atom. The van der Waals surface area contributed by atoms with Gasteiger partial charge in [0.25, 0.3) is 0 Å². The van der Waals surface area contributed by atoms with Gasteiger partial charge in [-0.15, -0.1) is 0 Å². The molecule has 0 spiro atoms. The predicted octanol–water partition coefficient (Wildman–Crippen LogP) is 3.33. The topological polar surface area (TPSA) is 44.8 Å². The summed E-state index contributed by atoms with van der Waals surface area (Å²) in [4.78, 5) is 13.5. The second-order valence-corrected chi connectivity index (χ2v) is 4.64. The van der Waals surface area contributed by atoms with E-state index in [0.29, 0.717) is 11.6 Å². The number of hydrogen-bond acceptors (Lipinski definition) is 3. The fourth-order valence-corrected chi connectivity index (χ4v) is 2.11. The number of hydrazine groups is 1. The molecule has 21 heavy (non-hydrogen) atoms. The van der Waals surface area contributed by atoms with Gasteiger partial charge in [0, 0.05) is 7.05 Å². The molecule has 3 rings (SSSR count). The fourth-order valence-electron chi connectivity index (χ4n) is 2.11. The van der Waals surface area contributed by atoms with Crippen LogP contribution in [0.15, 0.2) is 67.0 Å². The van der Waals surface area contributed by atoms with Crippen LogP contribution in [0, 0.1) is 0 Å². The van der Waals surface area contributed by atoms with Crippen LogP contribution in [0.4, 0.5) is 10.5 Å². The van der Waals surface area contributed by atoms with Crippen LogP contribution in [0.1, 0.15) is 0 Å². The number of amides is 2. The summed E-state index contributed by atoms with van der Waals surface area (Å²) in [5.74, 6) is 2.01. The first-order valence-electron chi connectivity index (χ1n) is 6.51. The van der Waals surface area contributed by atoms with E-state index in [9.17, 15) is 4.79 Å². The Hall–Kier alpha value is -2.95. The molecule has 2 aromatic carbocycles. The van der Waals surface area contributed by atoms with Gasteiger partial charge >= 0.3 is 6.03 Å². The molecule has 1 aliphatic rings. The Morgan fingerprint density at radius 3 is 2.19 bits per heavy atom. The number of para-hydroxylation sites is 1. The third kappa shape index (κ3) is 2.53. The Bertz CT molecular complexity index is 668. The zero-order chi connectivity index (χ0) is 14.8. The first-order chi connectivity index (χ1) is 10.1. The third-order valence-corrected chi connectivity index (χ3v) is 3.12. The van der Waals surface area contributed by atoms with Crippen molar-refractivity contribution >= 4 is 11.7 Å². The zero-order valence-corrected chi connectivity index (χ0v) is 11.6. The largest absolute Gasteiger partial charge is 0.457 e. The van der Waals surface area contributed by atoms with Gasteiger partial charge in [0.05, 0.1) is 5.69 Å². The normalized spacial score (nSPS) is 14.3. The number of benzene rings is 2. The Morgan fingerprint density at radius 2 is 1.62 bits per heavy atom. The number of carbonyl (C=O) groups excluding carboxylic acids is 1. The molecule has 1 saturated heterocycles. The van der Waals surface area contributed by atoms with Crippen molar-refractivity contribution in [1.82, 2.24) is 10.4 Å². The maximum atomic E-state index is 12.0. The maximum Gasteiger partial charge on any atom is 0.348 e. The quantitative estimate of drug-likeness (QED) is 0.938. The molecule has 5 heteroatoms. The lowest BCUT2D eigenvalue weighted by Crippen LogP contribution is -2.30. The van der Waals surface area contributed by atoms with E-state index in [1.165, 1.54) is 9.91 Å². The molecule has 0 radical (unpaired) electrons. The minimum atomic E-state index is -0.170. The average Bonchev–Trinajstić information content (AvgIpc) is 2.74. The van der Waals surface area contributed by atoms with Crippen molar-refractivity contribution in [2.45, 2.75) is 0 Å². The van der Waals surface area contributed by atoms with Gasteiger partial charge in [0.15, 0.2) is 0 Å².